The smallest absolute Gasteiger partial charge is 0.253 e. The average molecular weight is 400 g/mol. The number of carbonyl (C=O) groups is 2. The molecule has 0 aliphatic carbocycles. The van der Waals surface area contributed by atoms with Gasteiger partial charge in [0.25, 0.3) is 5.91 Å². The Balaban J connectivity index is 1.86. The highest BCUT2D eigenvalue weighted by Crippen LogP contribution is 2.28. The maximum atomic E-state index is 13.1. The molecule has 1 fully saturated rings. The third-order valence-corrected chi connectivity index (χ3v) is 5.16. The number of anilines is 2. The molecule has 0 aromatic heterocycles. The van der Waals surface area contributed by atoms with Crippen LogP contribution in [0, 0.1) is 0 Å². The molecular formula is C22H26ClN3O2. The van der Waals surface area contributed by atoms with Crippen molar-refractivity contribution in [3.63, 3.8) is 0 Å². The fourth-order valence-electron chi connectivity index (χ4n) is 3.37. The fraction of sp³-hybridized carbons (Fsp3) is 0.364. The Kier molecular flexibility index (Phi) is 6.57. The van der Waals surface area contributed by atoms with Gasteiger partial charge in [0.1, 0.15) is 5.38 Å². The summed E-state index contributed by atoms with van der Waals surface area (Å²) >= 11 is 5.85. The molecule has 1 aliphatic rings. The van der Waals surface area contributed by atoms with E-state index in [0.29, 0.717) is 11.3 Å². The van der Waals surface area contributed by atoms with E-state index in [4.69, 9.17) is 11.6 Å². The lowest BCUT2D eigenvalue weighted by atomic mass is 10.1. The van der Waals surface area contributed by atoms with Gasteiger partial charge in [-0.05, 0) is 50.5 Å². The Hall–Kier alpha value is -2.53. The molecule has 1 saturated heterocycles. The second-order valence-electron chi connectivity index (χ2n) is 7.14. The van der Waals surface area contributed by atoms with Crippen molar-refractivity contribution >= 4 is 34.8 Å². The molecule has 2 N–H and O–H groups in total. The second kappa shape index (κ2) is 9.11. The number of hydrogen-bond acceptors (Lipinski definition) is 3. The summed E-state index contributed by atoms with van der Waals surface area (Å²) in [4.78, 5) is 27.3. The van der Waals surface area contributed by atoms with Gasteiger partial charge in [0.2, 0.25) is 5.91 Å². The number of rotatable bonds is 6. The summed E-state index contributed by atoms with van der Waals surface area (Å²) in [5, 5.41) is 5.20. The number of benzene rings is 2. The van der Waals surface area contributed by atoms with Crippen molar-refractivity contribution < 1.29 is 9.59 Å². The molecule has 2 aromatic rings. The van der Waals surface area contributed by atoms with Gasteiger partial charge in [-0.25, -0.2) is 0 Å². The largest absolute Gasteiger partial charge is 0.371 e. The minimum absolute atomic E-state index is 0.124. The highest BCUT2D eigenvalue weighted by atomic mass is 35.5. The average Bonchev–Trinajstić information content (AvgIpc) is 3.23. The summed E-state index contributed by atoms with van der Waals surface area (Å²) in [6, 6.07) is 15.2. The van der Waals surface area contributed by atoms with Crippen molar-refractivity contribution in [2.75, 3.05) is 23.3 Å². The molecule has 1 aliphatic heterocycles. The van der Waals surface area contributed by atoms with Crippen molar-refractivity contribution in [1.82, 2.24) is 5.32 Å². The zero-order valence-electron chi connectivity index (χ0n) is 16.2. The maximum absolute atomic E-state index is 13.1. The molecule has 0 radical (unpaired) electrons. The van der Waals surface area contributed by atoms with Crippen LogP contribution in [0.25, 0.3) is 0 Å². The Morgan fingerprint density at radius 3 is 2.36 bits per heavy atom. The summed E-state index contributed by atoms with van der Waals surface area (Å²) in [7, 11) is 0. The van der Waals surface area contributed by atoms with Crippen LogP contribution in [0.4, 0.5) is 11.4 Å². The molecule has 1 heterocycles. The molecule has 2 aromatic carbocycles. The quantitative estimate of drug-likeness (QED) is 0.710. The van der Waals surface area contributed by atoms with Crippen LogP contribution in [0.5, 0.6) is 0 Å². The first-order chi connectivity index (χ1) is 13.5. The first-order valence-corrected chi connectivity index (χ1v) is 10.1. The SMILES string of the molecule is C[C@H](NC(=O)c1cc(NC(=O)[C@@H](C)Cl)ccc1N1CCCC1)c1ccccc1. The molecule has 0 spiro atoms. The van der Waals surface area contributed by atoms with Gasteiger partial charge in [-0.15, -0.1) is 11.6 Å². The van der Waals surface area contributed by atoms with Gasteiger partial charge < -0.3 is 15.5 Å². The fourth-order valence-corrected chi connectivity index (χ4v) is 3.43. The highest BCUT2D eigenvalue weighted by molar-refractivity contribution is 6.32. The van der Waals surface area contributed by atoms with E-state index >= 15 is 0 Å². The summed E-state index contributed by atoms with van der Waals surface area (Å²) in [6.07, 6.45) is 2.23. The number of nitrogens with one attached hydrogen (secondary N) is 2. The van der Waals surface area contributed by atoms with Gasteiger partial charge in [0, 0.05) is 24.5 Å². The molecule has 0 saturated carbocycles. The molecule has 2 amide bonds. The summed E-state index contributed by atoms with van der Waals surface area (Å²) < 4.78 is 0. The van der Waals surface area contributed by atoms with E-state index in [1.807, 2.05) is 49.4 Å². The van der Waals surface area contributed by atoms with Crippen molar-refractivity contribution in [3.05, 3.63) is 59.7 Å². The van der Waals surface area contributed by atoms with Crippen molar-refractivity contribution in [1.29, 1.82) is 0 Å². The number of hydrogen-bond donors (Lipinski definition) is 2. The predicted octanol–water partition coefficient (Wildman–Crippen LogP) is 4.34. The Labute approximate surface area is 171 Å². The first kappa shape index (κ1) is 20.2. The maximum Gasteiger partial charge on any atom is 0.253 e. The van der Waals surface area contributed by atoms with Gasteiger partial charge in [-0.3, -0.25) is 9.59 Å². The molecule has 148 valence electrons. The van der Waals surface area contributed by atoms with E-state index in [2.05, 4.69) is 15.5 Å². The Bertz CT molecular complexity index is 833. The molecule has 2 atom stereocenters. The van der Waals surface area contributed by atoms with Crippen LogP contribution in [0.1, 0.15) is 48.7 Å². The second-order valence-corrected chi connectivity index (χ2v) is 7.79. The van der Waals surface area contributed by atoms with E-state index in [9.17, 15) is 9.59 Å². The lowest BCUT2D eigenvalue weighted by Crippen LogP contribution is -2.30. The highest BCUT2D eigenvalue weighted by Gasteiger charge is 2.22. The van der Waals surface area contributed by atoms with Crippen molar-refractivity contribution in [2.45, 2.75) is 38.1 Å². The van der Waals surface area contributed by atoms with Crippen molar-refractivity contribution in [2.24, 2.45) is 0 Å². The Morgan fingerprint density at radius 2 is 1.71 bits per heavy atom. The van der Waals surface area contributed by atoms with Crippen LogP contribution in [0.3, 0.4) is 0 Å². The molecular weight excluding hydrogens is 374 g/mol. The van der Waals surface area contributed by atoms with E-state index in [1.54, 1.807) is 13.0 Å². The standard InChI is InChI=1S/C22H26ClN3O2/c1-15(23)21(27)25-18-10-11-20(26-12-6-7-13-26)19(14-18)22(28)24-16(2)17-8-4-3-5-9-17/h3-5,8-11,14-16H,6-7,12-13H2,1-2H3,(H,24,28)(H,25,27)/t15-,16+/m1/s1. The lowest BCUT2D eigenvalue weighted by Gasteiger charge is -2.23. The van der Waals surface area contributed by atoms with Gasteiger partial charge in [0.15, 0.2) is 0 Å². The van der Waals surface area contributed by atoms with Gasteiger partial charge in [-0.2, -0.15) is 0 Å². The van der Waals surface area contributed by atoms with Crippen LogP contribution in [0.2, 0.25) is 0 Å². The minimum atomic E-state index is -0.645. The zero-order chi connectivity index (χ0) is 20.1. The monoisotopic (exact) mass is 399 g/mol. The van der Waals surface area contributed by atoms with Crippen LogP contribution in [-0.2, 0) is 4.79 Å². The van der Waals surface area contributed by atoms with E-state index in [0.717, 1.165) is 37.2 Å². The number of amides is 2. The van der Waals surface area contributed by atoms with E-state index in [1.165, 1.54) is 0 Å². The van der Waals surface area contributed by atoms with E-state index < -0.39 is 5.38 Å². The first-order valence-electron chi connectivity index (χ1n) is 9.65. The number of alkyl halides is 1. The summed E-state index contributed by atoms with van der Waals surface area (Å²) in [6.45, 7) is 5.44. The third kappa shape index (κ3) is 4.84. The summed E-state index contributed by atoms with van der Waals surface area (Å²) in [5.41, 5.74) is 3.06. The minimum Gasteiger partial charge on any atom is -0.371 e. The molecule has 3 rings (SSSR count). The molecule has 5 nitrogen and oxygen atoms in total. The number of halogens is 1. The summed E-state index contributed by atoms with van der Waals surface area (Å²) in [5.74, 6) is -0.451. The van der Waals surface area contributed by atoms with Crippen LogP contribution in [-0.4, -0.2) is 30.3 Å². The molecule has 6 heteroatoms. The van der Waals surface area contributed by atoms with Crippen LogP contribution < -0.4 is 15.5 Å². The van der Waals surface area contributed by atoms with Crippen LogP contribution in [0.15, 0.2) is 48.5 Å². The topological polar surface area (TPSA) is 61.4 Å². The van der Waals surface area contributed by atoms with Gasteiger partial charge in [0.05, 0.1) is 11.6 Å². The van der Waals surface area contributed by atoms with Gasteiger partial charge in [-0.1, -0.05) is 30.3 Å². The van der Waals surface area contributed by atoms with Crippen molar-refractivity contribution in [3.8, 4) is 0 Å². The number of nitrogens with zero attached hydrogens (tertiary/aromatic N) is 1. The zero-order valence-corrected chi connectivity index (χ0v) is 17.0. The number of carbonyl (C=O) groups excluding carboxylic acids is 2. The normalized spacial score (nSPS) is 15.8. The molecule has 28 heavy (non-hydrogen) atoms. The molecule has 0 unspecified atom stereocenters. The van der Waals surface area contributed by atoms with Gasteiger partial charge >= 0.3 is 0 Å². The predicted molar refractivity (Wildman–Crippen MR) is 114 cm³/mol. The Morgan fingerprint density at radius 1 is 1.04 bits per heavy atom. The van der Waals surface area contributed by atoms with E-state index in [-0.39, 0.29) is 17.9 Å². The lowest BCUT2D eigenvalue weighted by molar-refractivity contribution is -0.115. The third-order valence-electron chi connectivity index (χ3n) is 4.96. The van der Waals surface area contributed by atoms with Crippen LogP contribution >= 0.6 is 11.6 Å². The molecule has 0 bridgehead atoms.